The molecule has 0 bridgehead atoms. The number of rotatable bonds is 7. The Balaban J connectivity index is 3.10. The van der Waals surface area contributed by atoms with Gasteiger partial charge in [-0.2, -0.15) is 0 Å². The van der Waals surface area contributed by atoms with Gasteiger partial charge >= 0.3 is 0 Å². The van der Waals surface area contributed by atoms with Gasteiger partial charge in [0.2, 0.25) is 0 Å². The Morgan fingerprint density at radius 3 is 2.11 bits per heavy atom. The summed E-state index contributed by atoms with van der Waals surface area (Å²) in [6.07, 6.45) is 0.0187. The van der Waals surface area contributed by atoms with Crippen LogP contribution < -0.4 is 0 Å². The summed E-state index contributed by atoms with van der Waals surface area (Å²) >= 11 is 0. The molecule has 104 valence electrons. The van der Waals surface area contributed by atoms with Gasteiger partial charge in [0.05, 0.1) is 6.10 Å². The van der Waals surface area contributed by atoms with Crippen LogP contribution >= 0.6 is 0 Å². The van der Waals surface area contributed by atoms with Gasteiger partial charge in [0.1, 0.15) is 0 Å². The van der Waals surface area contributed by atoms with Crippen LogP contribution in [0.3, 0.4) is 0 Å². The fraction of sp³-hybridized carbons (Fsp3) is 0.471. The molecule has 0 saturated carbocycles. The molecule has 1 rings (SSSR count). The minimum absolute atomic E-state index is 0.0187. The number of hydrogen-bond donors (Lipinski definition) is 0. The third-order valence-electron chi connectivity index (χ3n) is 4.08. The van der Waals surface area contributed by atoms with Gasteiger partial charge in [-0.3, -0.25) is 0 Å². The highest BCUT2D eigenvalue weighted by atomic mass is 28.4. The lowest BCUT2D eigenvalue weighted by Gasteiger charge is -2.33. The zero-order chi connectivity index (χ0) is 14.3. The monoisotopic (exact) mass is 274 g/mol. The molecule has 0 aliphatic rings. The highest BCUT2D eigenvalue weighted by molar-refractivity contribution is 6.73. The predicted octanol–water partition coefficient (Wildman–Crippen LogP) is 5.48. The number of benzene rings is 1. The molecule has 1 nitrogen and oxygen atoms in total. The van der Waals surface area contributed by atoms with Gasteiger partial charge in [-0.05, 0) is 36.2 Å². The van der Waals surface area contributed by atoms with Gasteiger partial charge in [0.25, 0.3) is 0 Å². The third kappa shape index (κ3) is 3.94. The smallest absolute Gasteiger partial charge is 0.193 e. The van der Waals surface area contributed by atoms with Crippen LogP contribution in [0.1, 0.15) is 39.4 Å². The Morgan fingerprint density at radius 1 is 1.16 bits per heavy atom. The molecule has 0 saturated heterocycles. The lowest BCUT2D eigenvalue weighted by molar-refractivity contribution is 0.226. The van der Waals surface area contributed by atoms with E-state index in [1.165, 1.54) is 5.56 Å². The standard InChI is InChI=1S/C17H26OSi/c1-6-15(5)17(16-13-11-10-12-14-16)18-19(7-2,8-3)9-4/h10-14,17H,1,7-9H2,2-5H3. The van der Waals surface area contributed by atoms with Gasteiger partial charge in [0.15, 0.2) is 8.32 Å². The van der Waals surface area contributed by atoms with E-state index in [0.29, 0.717) is 0 Å². The first-order valence-electron chi connectivity index (χ1n) is 7.21. The van der Waals surface area contributed by atoms with Crippen molar-refractivity contribution in [2.24, 2.45) is 0 Å². The predicted molar refractivity (Wildman–Crippen MR) is 85.8 cm³/mol. The van der Waals surface area contributed by atoms with Crippen LogP contribution in [-0.4, -0.2) is 8.32 Å². The summed E-state index contributed by atoms with van der Waals surface area (Å²) in [4.78, 5) is 0. The zero-order valence-electron chi connectivity index (χ0n) is 12.7. The Kier molecular flexibility index (Phi) is 6.30. The fourth-order valence-corrected chi connectivity index (χ4v) is 5.19. The first kappa shape index (κ1) is 16.0. The first-order valence-corrected chi connectivity index (χ1v) is 9.74. The summed E-state index contributed by atoms with van der Waals surface area (Å²) in [5.41, 5.74) is 5.32. The average Bonchev–Trinajstić information content (AvgIpc) is 2.49. The van der Waals surface area contributed by atoms with Crippen molar-refractivity contribution in [1.82, 2.24) is 0 Å². The maximum Gasteiger partial charge on any atom is 0.193 e. The second-order valence-corrected chi connectivity index (χ2v) is 9.74. The molecule has 0 aliphatic carbocycles. The largest absolute Gasteiger partial charge is 0.406 e. The van der Waals surface area contributed by atoms with Crippen LogP contribution in [-0.2, 0) is 4.43 Å². The van der Waals surface area contributed by atoms with Crippen LogP contribution in [0, 0.1) is 0 Å². The molecule has 0 amide bonds. The molecule has 2 heteroatoms. The Bertz CT molecular complexity index is 420. The van der Waals surface area contributed by atoms with Crippen molar-refractivity contribution >= 4 is 8.32 Å². The SMILES string of the molecule is C=C=C(C)C(O[Si](CC)(CC)CC)c1ccccc1. The maximum atomic E-state index is 6.62. The zero-order valence-corrected chi connectivity index (χ0v) is 13.7. The van der Waals surface area contributed by atoms with Crippen LogP contribution in [0.25, 0.3) is 0 Å². The van der Waals surface area contributed by atoms with E-state index >= 15 is 0 Å². The lowest BCUT2D eigenvalue weighted by atomic mass is 10.0. The highest BCUT2D eigenvalue weighted by Crippen LogP contribution is 2.33. The molecule has 0 N–H and O–H groups in total. The summed E-state index contributed by atoms with van der Waals surface area (Å²) in [6, 6.07) is 13.9. The van der Waals surface area contributed by atoms with Gasteiger partial charge < -0.3 is 4.43 Å². The van der Waals surface area contributed by atoms with E-state index in [0.717, 1.165) is 23.7 Å². The van der Waals surface area contributed by atoms with E-state index in [1.807, 2.05) is 6.07 Å². The quantitative estimate of drug-likeness (QED) is 0.472. The molecule has 19 heavy (non-hydrogen) atoms. The van der Waals surface area contributed by atoms with Gasteiger partial charge in [-0.1, -0.05) is 57.7 Å². The Hall–Kier alpha value is -1.08. The van der Waals surface area contributed by atoms with Crippen LogP contribution in [0.2, 0.25) is 18.1 Å². The van der Waals surface area contributed by atoms with E-state index in [-0.39, 0.29) is 6.10 Å². The molecule has 1 aromatic carbocycles. The van der Waals surface area contributed by atoms with E-state index < -0.39 is 8.32 Å². The second kappa shape index (κ2) is 7.49. The van der Waals surface area contributed by atoms with Gasteiger partial charge in [0, 0.05) is 0 Å². The third-order valence-corrected chi connectivity index (χ3v) is 8.68. The summed E-state index contributed by atoms with van der Waals surface area (Å²) in [6.45, 7) is 12.6. The summed E-state index contributed by atoms with van der Waals surface area (Å²) in [5.74, 6) is 0. The molecular formula is C17H26OSi. The molecule has 0 aliphatic heterocycles. The van der Waals surface area contributed by atoms with Crippen molar-refractivity contribution in [3.63, 3.8) is 0 Å². The molecule has 1 atom stereocenters. The van der Waals surface area contributed by atoms with Crippen LogP contribution in [0.5, 0.6) is 0 Å². The number of hydrogen-bond acceptors (Lipinski definition) is 1. The first-order chi connectivity index (χ1) is 9.12. The van der Waals surface area contributed by atoms with Crippen molar-refractivity contribution in [2.45, 2.75) is 51.9 Å². The minimum Gasteiger partial charge on any atom is -0.406 e. The highest BCUT2D eigenvalue weighted by Gasteiger charge is 2.33. The van der Waals surface area contributed by atoms with Gasteiger partial charge in [-0.15, -0.1) is 5.73 Å². The van der Waals surface area contributed by atoms with Crippen molar-refractivity contribution in [3.05, 3.63) is 53.8 Å². The topological polar surface area (TPSA) is 9.23 Å². The van der Waals surface area contributed by atoms with Crippen molar-refractivity contribution in [2.75, 3.05) is 0 Å². The summed E-state index contributed by atoms with van der Waals surface area (Å²) in [7, 11) is -1.63. The Morgan fingerprint density at radius 2 is 1.68 bits per heavy atom. The van der Waals surface area contributed by atoms with Crippen LogP contribution in [0.4, 0.5) is 0 Å². The second-order valence-electron chi connectivity index (χ2n) is 5.01. The molecule has 0 heterocycles. The molecule has 0 spiro atoms. The molecule has 0 radical (unpaired) electrons. The van der Waals surface area contributed by atoms with E-state index in [2.05, 4.69) is 64.3 Å². The van der Waals surface area contributed by atoms with Gasteiger partial charge in [-0.25, -0.2) is 0 Å². The minimum atomic E-state index is -1.63. The average molecular weight is 274 g/mol. The molecule has 1 unspecified atom stereocenters. The Labute approximate surface area is 119 Å². The molecule has 0 fully saturated rings. The maximum absolute atomic E-state index is 6.62. The van der Waals surface area contributed by atoms with Crippen LogP contribution in [0.15, 0.2) is 48.2 Å². The molecule has 1 aromatic rings. The molecular weight excluding hydrogens is 248 g/mol. The normalized spacial score (nSPS) is 12.8. The summed E-state index contributed by atoms with van der Waals surface area (Å²) in [5, 5.41) is 0. The van der Waals surface area contributed by atoms with E-state index in [4.69, 9.17) is 4.43 Å². The van der Waals surface area contributed by atoms with Crippen molar-refractivity contribution in [3.8, 4) is 0 Å². The lowest BCUT2D eigenvalue weighted by Crippen LogP contribution is -2.37. The summed E-state index contributed by atoms with van der Waals surface area (Å²) < 4.78 is 6.62. The molecule has 0 aromatic heterocycles. The van der Waals surface area contributed by atoms with E-state index in [9.17, 15) is 0 Å². The van der Waals surface area contributed by atoms with Crippen molar-refractivity contribution in [1.29, 1.82) is 0 Å². The van der Waals surface area contributed by atoms with Crippen molar-refractivity contribution < 1.29 is 4.43 Å². The fourth-order valence-electron chi connectivity index (χ4n) is 2.38. The van der Waals surface area contributed by atoms with E-state index in [1.54, 1.807) is 0 Å².